The summed E-state index contributed by atoms with van der Waals surface area (Å²) in [6.07, 6.45) is 2.43. The summed E-state index contributed by atoms with van der Waals surface area (Å²) in [5.74, 6) is 0. The van der Waals surface area contributed by atoms with Crippen molar-refractivity contribution in [2.75, 3.05) is 43.4 Å². The molecule has 1 aromatic carbocycles. The highest BCUT2D eigenvalue weighted by Gasteiger charge is 2.31. The maximum absolute atomic E-state index is 12.6. The van der Waals surface area contributed by atoms with Gasteiger partial charge in [-0.25, -0.2) is 4.79 Å². The van der Waals surface area contributed by atoms with Gasteiger partial charge in [-0.15, -0.1) is 0 Å². The minimum Gasteiger partial charge on any atom is -0.370 e. The Hall–Kier alpha value is -1.46. The molecule has 6 heteroatoms. The third kappa shape index (κ3) is 3.47. The maximum atomic E-state index is 12.6. The Bertz CT molecular complexity index is 603. The van der Waals surface area contributed by atoms with Gasteiger partial charge in [-0.3, -0.25) is 4.90 Å². The van der Waals surface area contributed by atoms with Crippen molar-refractivity contribution in [3.05, 3.63) is 23.2 Å². The molecule has 5 nitrogen and oxygen atoms in total. The molecule has 2 amide bonds. The van der Waals surface area contributed by atoms with Gasteiger partial charge >= 0.3 is 6.03 Å². The number of carbonyl (C=O) groups is 1. The Morgan fingerprint density at radius 2 is 1.83 bits per heavy atom. The van der Waals surface area contributed by atoms with Crippen molar-refractivity contribution in [3.63, 3.8) is 0 Å². The molecule has 0 aliphatic carbocycles. The van der Waals surface area contributed by atoms with Crippen LogP contribution in [0.15, 0.2) is 18.2 Å². The summed E-state index contributed by atoms with van der Waals surface area (Å²) < 4.78 is 0. The number of amides is 2. The first-order valence-electron chi connectivity index (χ1n) is 8.79. The second-order valence-corrected chi connectivity index (χ2v) is 7.35. The molecule has 3 rings (SSSR count). The number of rotatable bonds is 2. The summed E-state index contributed by atoms with van der Waals surface area (Å²) in [6.45, 7) is 8.01. The first-order valence-corrected chi connectivity index (χ1v) is 9.17. The molecule has 2 atom stereocenters. The molecule has 0 radical (unpaired) electrons. The largest absolute Gasteiger partial charge is 0.370 e. The molecule has 132 valence electrons. The second-order valence-electron chi connectivity index (χ2n) is 6.95. The predicted octanol–water partition coefficient (Wildman–Crippen LogP) is 3.50. The van der Waals surface area contributed by atoms with E-state index < -0.39 is 0 Å². The van der Waals surface area contributed by atoms with E-state index in [1.54, 1.807) is 0 Å². The van der Waals surface area contributed by atoms with Crippen molar-refractivity contribution < 1.29 is 4.79 Å². The zero-order chi connectivity index (χ0) is 17.3. The van der Waals surface area contributed by atoms with E-state index in [0.29, 0.717) is 11.1 Å². The Morgan fingerprint density at radius 3 is 2.50 bits per heavy atom. The van der Waals surface area contributed by atoms with Crippen molar-refractivity contribution >= 4 is 29.0 Å². The Balaban J connectivity index is 1.67. The van der Waals surface area contributed by atoms with Crippen LogP contribution >= 0.6 is 11.6 Å². The number of hydrogen-bond donors (Lipinski definition) is 1. The van der Waals surface area contributed by atoms with Crippen LogP contribution in [0.3, 0.4) is 0 Å². The van der Waals surface area contributed by atoms with Gasteiger partial charge in [0, 0.05) is 44.0 Å². The summed E-state index contributed by atoms with van der Waals surface area (Å²) >= 11 is 6.44. The van der Waals surface area contributed by atoms with E-state index in [0.717, 1.165) is 37.6 Å². The predicted molar refractivity (Wildman–Crippen MR) is 100 cm³/mol. The van der Waals surface area contributed by atoms with Gasteiger partial charge in [0.15, 0.2) is 0 Å². The van der Waals surface area contributed by atoms with Crippen LogP contribution in [-0.2, 0) is 0 Å². The lowest BCUT2D eigenvalue weighted by atomic mass is 10.1. The van der Waals surface area contributed by atoms with Gasteiger partial charge in [0.2, 0.25) is 0 Å². The van der Waals surface area contributed by atoms with Crippen LogP contribution in [0.5, 0.6) is 0 Å². The Labute approximate surface area is 149 Å². The zero-order valence-corrected chi connectivity index (χ0v) is 15.5. The number of likely N-dealkylation sites (N-methyl/N-ethyl adjacent to an activating group) is 1. The molecule has 2 aliphatic rings. The van der Waals surface area contributed by atoms with Gasteiger partial charge < -0.3 is 15.1 Å². The average Bonchev–Trinajstić information content (AvgIpc) is 3.07. The second kappa shape index (κ2) is 7.19. The van der Waals surface area contributed by atoms with Crippen LogP contribution in [0, 0.1) is 0 Å². The van der Waals surface area contributed by atoms with E-state index in [9.17, 15) is 4.79 Å². The van der Waals surface area contributed by atoms with Crippen LogP contribution in [0.2, 0.25) is 5.02 Å². The number of urea groups is 1. The minimum absolute atomic E-state index is 0.0487. The summed E-state index contributed by atoms with van der Waals surface area (Å²) in [7, 11) is 2.10. The molecule has 0 spiro atoms. The zero-order valence-electron chi connectivity index (χ0n) is 14.8. The van der Waals surface area contributed by atoms with Gasteiger partial charge in [0.25, 0.3) is 0 Å². The molecule has 1 aromatic rings. The SMILES string of the molecule is C[C@@H]1[C@@H](C)N(C(=O)Nc2ccc(N3CCCC3)c(Cl)c2)CCN1C. The standard InChI is InChI=1S/C18H27ClN4O/c1-13-14(2)23(11-10-21(13)3)18(24)20-15-6-7-17(16(19)12-15)22-8-4-5-9-22/h6-7,12-14H,4-5,8-11H2,1-3H3,(H,20,24)/t13-,14-/m1/s1. The highest BCUT2D eigenvalue weighted by Crippen LogP contribution is 2.31. The van der Waals surface area contributed by atoms with Crippen LogP contribution < -0.4 is 10.2 Å². The van der Waals surface area contributed by atoms with Gasteiger partial charge in [-0.05, 0) is 51.9 Å². The summed E-state index contributed by atoms with van der Waals surface area (Å²) in [5, 5.41) is 3.70. The number of anilines is 2. The third-order valence-corrected chi connectivity index (χ3v) is 5.79. The van der Waals surface area contributed by atoms with Gasteiger partial charge in [0.05, 0.1) is 10.7 Å². The van der Waals surface area contributed by atoms with Crippen molar-refractivity contribution in [2.24, 2.45) is 0 Å². The quantitative estimate of drug-likeness (QED) is 0.887. The lowest BCUT2D eigenvalue weighted by Gasteiger charge is -2.43. The average molecular weight is 351 g/mol. The number of halogens is 1. The van der Waals surface area contributed by atoms with E-state index >= 15 is 0 Å². The number of benzene rings is 1. The van der Waals surface area contributed by atoms with Crippen molar-refractivity contribution in [1.29, 1.82) is 0 Å². The molecule has 0 aromatic heterocycles. The fourth-order valence-corrected chi connectivity index (χ4v) is 3.88. The first-order chi connectivity index (χ1) is 11.5. The van der Waals surface area contributed by atoms with Crippen LogP contribution in [0.1, 0.15) is 26.7 Å². The van der Waals surface area contributed by atoms with E-state index in [-0.39, 0.29) is 12.1 Å². The van der Waals surface area contributed by atoms with E-state index in [4.69, 9.17) is 11.6 Å². The van der Waals surface area contributed by atoms with Gasteiger partial charge in [0.1, 0.15) is 0 Å². The third-order valence-electron chi connectivity index (χ3n) is 5.49. The van der Waals surface area contributed by atoms with Crippen molar-refractivity contribution in [3.8, 4) is 0 Å². The minimum atomic E-state index is -0.0487. The Kier molecular flexibility index (Phi) is 5.21. The molecular weight excluding hydrogens is 324 g/mol. The van der Waals surface area contributed by atoms with Gasteiger partial charge in [-0.1, -0.05) is 11.6 Å². The number of piperazine rings is 1. The molecule has 2 fully saturated rings. The number of nitrogens with zero attached hydrogens (tertiary/aromatic N) is 3. The first kappa shape index (κ1) is 17.4. The summed E-state index contributed by atoms with van der Waals surface area (Å²) in [5.41, 5.74) is 1.82. The van der Waals surface area contributed by atoms with Crippen LogP contribution in [-0.4, -0.2) is 61.1 Å². The fraction of sp³-hybridized carbons (Fsp3) is 0.611. The topological polar surface area (TPSA) is 38.8 Å². The lowest BCUT2D eigenvalue weighted by Crippen LogP contribution is -2.58. The lowest BCUT2D eigenvalue weighted by molar-refractivity contribution is 0.0796. The molecule has 0 unspecified atom stereocenters. The van der Waals surface area contributed by atoms with E-state index in [1.807, 2.05) is 23.1 Å². The van der Waals surface area contributed by atoms with E-state index in [1.165, 1.54) is 12.8 Å². The molecule has 0 saturated carbocycles. The molecular formula is C18H27ClN4O. The molecule has 2 aliphatic heterocycles. The monoisotopic (exact) mass is 350 g/mol. The molecule has 24 heavy (non-hydrogen) atoms. The molecule has 1 N–H and O–H groups in total. The van der Waals surface area contributed by atoms with E-state index in [2.05, 4.69) is 36.0 Å². The molecule has 0 bridgehead atoms. The smallest absolute Gasteiger partial charge is 0.322 e. The highest BCUT2D eigenvalue weighted by molar-refractivity contribution is 6.33. The fourth-order valence-electron chi connectivity index (χ4n) is 3.58. The maximum Gasteiger partial charge on any atom is 0.322 e. The Morgan fingerprint density at radius 1 is 1.12 bits per heavy atom. The number of hydrogen-bond acceptors (Lipinski definition) is 3. The van der Waals surface area contributed by atoms with Crippen molar-refractivity contribution in [1.82, 2.24) is 9.80 Å². The van der Waals surface area contributed by atoms with Crippen LogP contribution in [0.4, 0.5) is 16.2 Å². The normalized spacial score (nSPS) is 25.2. The number of nitrogens with one attached hydrogen (secondary N) is 1. The van der Waals surface area contributed by atoms with Gasteiger partial charge in [-0.2, -0.15) is 0 Å². The van der Waals surface area contributed by atoms with Crippen molar-refractivity contribution in [2.45, 2.75) is 38.8 Å². The summed E-state index contributed by atoms with van der Waals surface area (Å²) in [4.78, 5) is 19.1. The molecule has 2 heterocycles. The number of carbonyl (C=O) groups excluding carboxylic acids is 1. The molecule has 2 saturated heterocycles. The highest BCUT2D eigenvalue weighted by atomic mass is 35.5. The van der Waals surface area contributed by atoms with Crippen LogP contribution in [0.25, 0.3) is 0 Å². The summed E-state index contributed by atoms with van der Waals surface area (Å²) in [6, 6.07) is 6.30.